The molecule has 0 spiro atoms. The van der Waals surface area contributed by atoms with Crippen LogP contribution in [0, 0.1) is 0 Å². The van der Waals surface area contributed by atoms with Crippen LogP contribution in [0.1, 0.15) is 34.1 Å². The average Bonchev–Trinajstić information content (AvgIpc) is 2.66. The van der Waals surface area contributed by atoms with Crippen molar-refractivity contribution in [1.82, 2.24) is 4.72 Å². The largest absolute Gasteiger partial charge is 0.465 e. The summed E-state index contributed by atoms with van der Waals surface area (Å²) in [5, 5.41) is 2.63. The van der Waals surface area contributed by atoms with Crippen molar-refractivity contribution in [3.8, 4) is 0 Å². The van der Waals surface area contributed by atoms with Crippen LogP contribution in [0.25, 0.3) is 0 Å². The average molecular weight is 376 g/mol. The van der Waals surface area contributed by atoms with Gasteiger partial charge >= 0.3 is 5.97 Å². The molecule has 1 amide bonds. The van der Waals surface area contributed by atoms with Crippen molar-refractivity contribution in [2.45, 2.75) is 18.2 Å². The molecule has 0 unspecified atom stereocenters. The number of carbonyl (C=O) groups excluding carboxylic acids is 2. The molecule has 0 radical (unpaired) electrons. The van der Waals surface area contributed by atoms with Crippen molar-refractivity contribution in [2.75, 3.05) is 19.0 Å². The van der Waals surface area contributed by atoms with E-state index in [9.17, 15) is 18.0 Å². The summed E-state index contributed by atoms with van der Waals surface area (Å²) >= 11 is 0. The van der Waals surface area contributed by atoms with Gasteiger partial charge in [0.1, 0.15) is 0 Å². The van der Waals surface area contributed by atoms with Gasteiger partial charge in [0.25, 0.3) is 5.91 Å². The van der Waals surface area contributed by atoms with Gasteiger partial charge in [-0.15, -0.1) is 0 Å². The van der Waals surface area contributed by atoms with Crippen LogP contribution in [0.15, 0.2) is 53.4 Å². The third-order valence-corrected chi connectivity index (χ3v) is 5.03. The molecule has 7 nitrogen and oxygen atoms in total. The second-order valence-corrected chi connectivity index (χ2v) is 7.18. The predicted octanol–water partition coefficient (Wildman–Crippen LogP) is 2.41. The van der Waals surface area contributed by atoms with Gasteiger partial charge in [0, 0.05) is 12.1 Å². The third-order valence-electron chi connectivity index (χ3n) is 3.55. The Hall–Kier alpha value is -2.71. The fourth-order valence-electron chi connectivity index (χ4n) is 2.18. The maximum Gasteiger partial charge on any atom is 0.339 e. The predicted molar refractivity (Wildman–Crippen MR) is 97.7 cm³/mol. The highest BCUT2D eigenvalue weighted by atomic mass is 32.2. The van der Waals surface area contributed by atoms with Crippen molar-refractivity contribution in [1.29, 1.82) is 0 Å². The molecule has 0 aliphatic rings. The van der Waals surface area contributed by atoms with E-state index >= 15 is 0 Å². The number of nitrogens with one attached hydrogen (secondary N) is 2. The smallest absolute Gasteiger partial charge is 0.339 e. The Morgan fingerprint density at radius 1 is 1.04 bits per heavy atom. The number of carbonyl (C=O) groups is 2. The van der Waals surface area contributed by atoms with E-state index in [1.165, 1.54) is 37.4 Å². The lowest BCUT2D eigenvalue weighted by molar-refractivity contribution is 0.0602. The molecule has 26 heavy (non-hydrogen) atoms. The zero-order valence-electron chi connectivity index (χ0n) is 14.5. The molecule has 2 aromatic carbocycles. The van der Waals surface area contributed by atoms with Crippen LogP contribution in [-0.2, 0) is 14.8 Å². The van der Waals surface area contributed by atoms with Gasteiger partial charge in [-0.2, -0.15) is 0 Å². The van der Waals surface area contributed by atoms with Gasteiger partial charge in [-0.1, -0.05) is 19.1 Å². The molecule has 0 fully saturated rings. The standard InChI is InChI=1S/C18H20N2O5S/c1-3-12-19-26(23,24)14-10-8-13(9-11-14)17(21)20-16-7-5-4-6-15(16)18(22)25-2/h4-11,19H,3,12H2,1-2H3,(H,20,21). The van der Waals surface area contributed by atoms with Crippen LogP contribution in [0.2, 0.25) is 0 Å². The maximum absolute atomic E-state index is 12.4. The summed E-state index contributed by atoms with van der Waals surface area (Å²) in [5.74, 6) is -1.03. The van der Waals surface area contributed by atoms with E-state index in [4.69, 9.17) is 0 Å². The van der Waals surface area contributed by atoms with Crippen LogP contribution in [0.3, 0.4) is 0 Å². The van der Waals surface area contributed by atoms with E-state index in [2.05, 4.69) is 14.8 Å². The van der Waals surface area contributed by atoms with Crippen LogP contribution >= 0.6 is 0 Å². The number of hydrogen-bond acceptors (Lipinski definition) is 5. The molecule has 2 rings (SSSR count). The third kappa shape index (κ3) is 4.68. The van der Waals surface area contributed by atoms with Crippen molar-refractivity contribution in [3.05, 3.63) is 59.7 Å². The second-order valence-electron chi connectivity index (χ2n) is 5.41. The van der Waals surface area contributed by atoms with Gasteiger partial charge in [-0.25, -0.2) is 17.9 Å². The van der Waals surface area contributed by atoms with Gasteiger partial charge in [0.05, 0.1) is 23.3 Å². The Balaban J connectivity index is 2.18. The number of anilines is 1. The molecule has 0 aromatic heterocycles. The number of rotatable bonds is 7. The Morgan fingerprint density at radius 2 is 1.69 bits per heavy atom. The van der Waals surface area contributed by atoms with Gasteiger partial charge < -0.3 is 10.1 Å². The zero-order valence-corrected chi connectivity index (χ0v) is 15.3. The molecule has 2 aromatic rings. The minimum absolute atomic E-state index is 0.0810. The molecular weight excluding hydrogens is 356 g/mol. The Morgan fingerprint density at radius 3 is 2.31 bits per heavy atom. The molecular formula is C18H20N2O5S. The summed E-state index contributed by atoms with van der Waals surface area (Å²) in [6.07, 6.45) is 0.680. The number of methoxy groups -OCH3 is 1. The lowest BCUT2D eigenvalue weighted by Gasteiger charge is -2.10. The Kier molecular flexibility index (Phi) is 6.48. The summed E-state index contributed by atoms with van der Waals surface area (Å²) in [4.78, 5) is 24.2. The fraction of sp³-hybridized carbons (Fsp3) is 0.222. The first-order valence-corrected chi connectivity index (χ1v) is 9.45. The number of hydrogen-bond donors (Lipinski definition) is 2. The van der Waals surface area contributed by atoms with Crippen molar-refractivity contribution in [3.63, 3.8) is 0 Å². The topological polar surface area (TPSA) is 102 Å². The first kappa shape index (κ1) is 19.6. The molecule has 0 saturated heterocycles. The quantitative estimate of drug-likeness (QED) is 0.723. The number of esters is 1. The number of amides is 1. The molecule has 0 aliphatic carbocycles. The van der Waals surface area contributed by atoms with Gasteiger partial charge in [0.15, 0.2) is 0 Å². The monoisotopic (exact) mass is 376 g/mol. The van der Waals surface area contributed by atoms with Gasteiger partial charge in [-0.05, 0) is 42.8 Å². The SMILES string of the molecule is CCCNS(=O)(=O)c1ccc(C(=O)Nc2ccccc2C(=O)OC)cc1. The van der Waals surface area contributed by atoms with Crippen molar-refractivity contribution < 1.29 is 22.7 Å². The highest BCUT2D eigenvalue weighted by Crippen LogP contribution is 2.18. The van der Waals surface area contributed by atoms with E-state index in [1.807, 2.05) is 6.92 Å². The summed E-state index contributed by atoms with van der Waals surface area (Å²) < 4.78 is 31.3. The second kappa shape index (κ2) is 8.59. The highest BCUT2D eigenvalue weighted by Gasteiger charge is 2.16. The van der Waals surface area contributed by atoms with E-state index in [0.29, 0.717) is 18.7 Å². The minimum atomic E-state index is -3.59. The molecule has 138 valence electrons. The van der Waals surface area contributed by atoms with Crippen molar-refractivity contribution >= 4 is 27.6 Å². The van der Waals surface area contributed by atoms with Gasteiger partial charge in [-0.3, -0.25) is 4.79 Å². The summed E-state index contributed by atoms with van der Waals surface area (Å²) in [6, 6.07) is 12.0. The highest BCUT2D eigenvalue weighted by molar-refractivity contribution is 7.89. The minimum Gasteiger partial charge on any atom is -0.465 e. The number of ether oxygens (including phenoxy) is 1. The van der Waals surface area contributed by atoms with E-state index < -0.39 is 21.9 Å². The molecule has 8 heteroatoms. The zero-order chi connectivity index (χ0) is 19.2. The van der Waals surface area contributed by atoms with E-state index in [1.54, 1.807) is 18.2 Å². The Labute approximate surface area is 152 Å². The number of para-hydroxylation sites is 1. The molecule has 0 atom stereocenters. The molecule has 2 N–H and O–H groups in total. The normalized spacial score (nSPS) is 11.0. The Bertz CT molecular complexity index is 892. The lowest BCUT2D eigenvalue weighted by atomic mass is 10.1. The molecule has 0 bridgehead atoms. The summed E-state index contributed by atoms with van der Waals surface area (Å²) in [7, 11) is -2.33. The first-order valence-electron chi connectivity index (χ1n) is 7.97. The van der Waals surface area contributed by atoms with Crippen LogP contribution in [0.4, 0.5) is 5.69 Å². The molecule has 0 heterocycles. The molecule has 0 aliphatic heterocycles. The maximum atomic E-state index is 12.4. The van der Waals surface area contributed by atoms with Crippen molar-refractivity contribution in [2.24, 2.45) is 0 Å². The molecule has 0 saturated carbocycles. The number of benzene rings is 2. The van der Waals surface area contributed by atoms with Crippen LogP contribution < -0.4 is 10.0 Å². The first-order chi connectivity index (χ1) is 12.4. The van der Waals surface area contributed by atoms with Crippen LogP contribution in [-0.4, -0.2) is 33.9 Å². The summed E-state index contributed by atoms with van der Waals surface area (Å²) in [6.45, 7) is 2.21. The van der Waals surface area contributed by atoms with Crippen LogP contribution in [0.5, 0.6) is 0 Å². The fourth-order valence-corrected chi connectivity index (χ4v) is 3.31. The lowest BCUT2D eigenvalue weighted by Crippen LogP contribution is -2.24. The number of sulfonamides is 1. The summed E-state index contributed by atoms with van der Waals surface area (Å²) in [5.41, 5.74) is 0.802. The van der Waals surface area contributed by atoms with E-state index in [-0.39, 0.29) is 16.0 Å². The van der Waals surface area contributed by atoms with E-state index in [0.717, 1.165) is 0 Å². The van der Waals surface area contributed by atoms with Gasteiger partial charge in [0.2, 0.25) is 10.0 Å².